The zero-order valence-corrected chi connectivity index (χ0v) is 10.3. The lowest BCUT2D eigenvalue weighted by atomic mass is 9.99. The molecule has 1 aromatic heterocycles. The molecule has 90 valence electrons. The van der Waals surface area contributed by atoms with Crippen molar-refractivity contribution in [2.45, 2.75) is 32.9 Å². The van der Waals surface area contributed by atoms with Gasteiger partial charge in [-0.25, -0.2) is 4.98 Å². The maximum Gasteiger partial charge on any atom is 0.158 e. The molecular formula is C14H18N2O. The van der Waals surface area contributed by atoms with E-state index in [0.717, 1.165) is 18.4 Å². The van der Waals surface area contributed by atoms with Crippen molar-refractivity contribution in [1.82, 2.24) is 9.55 Å². The van der Waals surface area contributed by atoms with E-state index in [2.05, 4.69) is 31.0 Å². The van der Waals surface area contributed by atoms with Crippen molar-refractivity contribution in [3.05, 3.63) is 53.6 Å². The summed E-state index contributed by atoms with van der Waals surface area (Å²) in [4.78, 5) is 3.96. The average molecular weight is 230 g/mol. The molecule has 1 unspecified atom stereocenters. The number of benzene rings is 1. The van der Waals surface area contributed by atoms with Crippen molar-refractivity contribution < 1.29 is 5.11 Å². The van der Waals surface area contributed by atoms with Crippen LogP contribution >= 0.6 is 0 Å². The first-order valence-electron chi connectivity index (χ1n) is 6.03. The summed E-state index contributed by atoms with van der Waals surface area (Å²) in [7, 11) is 0. The molecular weight excluding hydrogens is 212 g/mol. The molecule has 1 aromatic carbocycles. The summed E-state index contributed by atoms with van der Waals surface area (Å²) in [6.45, 7) is 4.25. The standard InChI is InChI=1S/C14H18N2O/c1-3-11-5-6-13(12(4-2)9-11)14(17)16-8-7-15-10-16/h5-10,14,17H,3-4H2,1-2H3. The Kier molecular flexibility index (Phi) is 3.59. The van der Waals surface area contributed by atoms with Gasteiger partial charge in [0, 0.05) is 18.0 Å². The normalized spacial score (nSPS) is 12.6. The Morgan fingerprint density at radius 1 is 1.29 bits per heavy atom. The molecule has 1 N–H and O–H groups in total. The zero-order chi connectivity index (χ0) is 12.3. The summed E-state index contributed by atoms with van der Waals surface area (Å²) >= 11 is 0. The van der Waals surface area contributed by atoms with Crippen LogP contribution in [0.15, 0.2) is 36.9 Å². The largest absolute Gasteiger partial charge is 0.369 e. The van der Waals surface area contributed by atoms with Gasteiger partial charge in [0.1, 0.15) is 0 Å². The predicted molar refractivity (Wildman–Crippen MR) is 67.8 cm³/mol. The van der Waals surface area contributed by atoms with Gasteiger partial charge >= 0.3 is 0 Å². The van der Waals surface area contributed by atoms with Crippen LogP contribution in [0.5, 0.6) is 0 Å². The molecule has 1 heterocycles. The molecule has 0 aliphatic carbocycles. The van der Waals surface area contributed by atoms with Crippen LogP contribution in [0.1, 0.15) is 36.8 Å². The Hall–Kier alpha value is -1.61. The maximum absolute atomic E-state index is 10.3. The van der Waals surface area contributed by atoms with Gasteiger partial charge in [-0.15, -0.1) is 0 Å². The Morgan fingerprint density at radius 3 is 2.71 bits per heavy atom. The van der Waals surface area contributed by atoms with E-state index in [4.69, 9.17) is 0 Å². The van der Waals surface area contributed by atoms with E-state index < -0.39 is 6.23 Å². The van der Waals surface area contributed by atoms with Crippen LogP contribution in [0.4, 0.5) is 0 Å². The van der Waals surface area contributed by atoms with Gasteiger partial charge in [0.05, 0.1) is 6.33 Å². The first kappa shape index (κ1) is 11.9. The van der Waals surface area contributed by atoms with Gasteiger partial charge < -0.3 is 9.67 Å². The average Bonchev–Trinajstić information content (AvgIpc) is 2.91. The minimum absolute atomic E-state index is 0.640. The molecule has 2 aromatic rings. The molecule has 2 rings (SSSR count). The summed E-state index contributed by atoms with van der Waals surface area (Å²) in [5.41, 5.74) is 3.47. The smallest absolute Gasteiger partial charge is 0.158 e. The number of rotatable bonds is 4. The van der Waals surface area contributed by atoms with Crippen molar-refractivity contribution >= 4 is 0 Å². The van der Waals surface area contributed by atoms with Crippen molar-refractivity contribution in [2.75, 3.05) is 0 Å². The monoisotopic (exact) mass is 230 g/mol. The van der Waals surface area contributed by atoms with Crippen LogP contribution in [-0.4, -0.2) is 14.7 Å². The summed E-state index contributed by atoms with van der Waals surface area (Å²) < 4.78 is 1.71. The second-order valence-electron chi connectivity index (χ2n) is 4.12. The Balaban J connectivity index is 2.38. The molecule has 0 saturated carbocycles. The number of aliphatic hydroxyl groups is 1. The maximum atomic E-state index is 10.3. The van der Waals surface area contributed by atoms with Gasteiger partial charge in [-0.1, -0.05) is 32.0 Å². The van der Waals surface area contributed by atoms with E-state index in [0.29, 0.717) is 0 Å². The fourth-order valence-electron chi connectivity index (χ4n) is 2.01. The molecule has 0 amide bonds. The molecule has 0 bridgehead atoms. The summed E-state index contributed by atoms with van der Waals surface area (Å²) in [5.74, 6) is 0. The fraction of sp³-hybridized carbons (Fsp3) is 0.357. The van der Waals surface area contributed by atoms with E-state index in [1.165, 1.54) is 11.1 Å². The summed E-state index contributed by atoms with van der Waals surface area (Å²) in [5, 5.41) is 10.3. The minimum atomic E-state index is -0.640. The fourth-order valence-corrected chi connectivity index (χ4v) is 2.01. The van der Waals surface area contributed by atoms with Crippen molar-refractivity contribution in [3.8, 4) is 0 Å². The van der Waals surface area contributed by atoms with Crippen LogP contribution in [0, 0.1) is 0 Å². The Labute approximate surface area is 102 Å². The third-order valence-electron chi connectivity index (χ3n) is 3.08. The number of hydrogen-bond acceptors (Lipinski definition) is 2. The highest BCUT2D eigenvalue weighted by Gasteiger charge is 2.12. The number of aryl methyl sites for hydroxylation is 2. The van der Waals surface area contributed by atoms with Gasteiger partial charge in [0.15, 0.2) is 6.23 Å². The number of aliphatic hydroxyl groups excluding tert-OH is 1. The van der Waals surface area contributed by atoms with Crippen molar-refractivity contribution in [3.63, 3.8) is 0 Å². The van der Waals surface area contributed by atoms with Gasteiger partial charge in [-0.2, -0.15) is 0 Å². The van der Waals surface area contributed by atoms with Gasteiger partial charge in [-0.3, -0.25) is 0 Å². The van der Waals surface area contributed by atoms with Crippen LogP contribution < -0.4 is 0 Å². The molecule has 17 heavy (non-hydrogen) atoms. The first-order valence-corrected chi connectivity index (χ1v) is 6.03. The van der Waals surface area contributed by atoms with Crippen molar-refractivity contribution in [1.29, 1.82) is 0 Å². The van der Waals surface area contributed by atoms with E-state index in [9.17, 15) is 5.11 Å². The lowest BCUT2D eigenvalue weighted by Gasteiger charge is -2.17. The summed E-state index contributed by atoms with van der Waals surface area (Å²) in [6.07, 6.45) is 6.40. The molecule has 0 aliphatic heterocycles. The number of hydrogen-bond donors (Lipinski definition) is 1. The topological polar surface area (TPSA) is 38.0 Å². The lowest BCUT2D eigenvalue weighted by Crippen LogP contribution is -2.10. The predicted octanol–water partition coefficient (Wildman–Crippen LogP) is 2.55. The number of imidazole rings is 1. The molecule has 0 spiro atoms. The quantitative estimate of drug-likeness (QED) is 0.876. The first-order chi connectivity index (χ1) is 8.26. The molecule has 1 atom stereocenters. The highest BCUT2D eigenvalue weighted by atomic mass is 16.3. The van der Waals surface area contributed by atoms with Crippen molar-refractivity contribution in [2.24, 2.45) is 0 Å². The lowest BCUT2D eigenvalue weighted by molar-refractivity contribution is 0.145. The van der Waals surface area contributed by atoms with Crippen LogP contribution in [0.25, 0.3) is 0 Å². The minimum Gasteiger partial charge on any atom is -0.369 e. The molecule has 3 nitrogen and oxygen atoms in total. The third-order valence-corrected chi connectivity index (χ3v) is 3.08. The van der Waals surface area contributed by atoms with Gasteiger partial charge in [0.2, 0.25) is 0 Å². The van der Waals surface area contributed by atoms with E-state index in [1.54, 1.807) is 23.3 Å². The summed E-state index contributed by atoms with van der Waals surface area (Å²) in [6, 6.07) is 6.27. The number of nitrogens with zero attached hydrogens (tertiary/aromatic N) is 2. The molecule has 0 saturated heterocycles. The van der Waals surface area contributed by atoms with Crippen LogP contribution in [0.3, 0.4) is 0 Å². The molecule has 3 heteroatoms. The van der Waals surface area contributed by atoms with Gasteiger partial charge in [0.25, 0.3) is 0 Å². The molecule has 0 radical (unpaired) electrons. The van der Waals surface area contributed by atoms with Crippen LogP contribution in [0.2, 0.25) is 0 Å². The van der Waals surface area contributed by atoms with E-state index in [1.807, 2.05) is 6.07 Å². The second kappa shape index (κ2) is 5.15. The third kappa shape index (κ3) is 2.39. The van der Waals surface area contributed by atoms with Crippen LogP contribution in [-0.2, 0) is 12.8 Å². The van der Waals surface area contributed by atoms with Gasteiger partial charge in [-0.05, 0) is 24.0 Å². The zero-order valence-electron chi connectivity index (χ0n) is 10.3. The second-order valence-corrected chi connectivity index (χ2v) is 4.12. The van der Waals surface area contributed by atoms with E-state index in [-0.39, 0.29) is 0 Å². The number of aromatic nitrogens is 2. The Bertz CT molecular complexity index is 477. The highest BCUT2D eigenvalue weighted by molar-refractivity contribution is 5.33. The molecule has 0 fully saturated rings. The Morgan fingerprint density at radius 2 is 2.12 bits per heavy atom. The SMILES string of the molecule is CCc1ccc(C(O)n2ccnc2)c(CC)c1. The van der Waals surface area contributed by atoms with E-state index >= 15 is 0 Å². The highest BCUT2D eigenvalue weighted by Crippen LogP contribution is 2.22. The molecule has 0 aliphatic rings.